The Balaban J connectivity index is 1.77. The molecule has 2 aromatic rings. The standard InChI is InChI=1S/C29H39ClFN3O4S/c1-4-26(29(36)32-25-9-6-5-7-10-25)33(20-22-13-16-24(31)17-14-22)28(35)11-8-18-34(39(3,37)38)27-19-23(30)15-12-21(27)2/h12-17,19,25-26H,4-11,18,20H2,1-3H3,(H,32,36)/t26-/m1/s1. The lowest BCUT2D eigenvalue weighted by atomic mass is 9.95. The van der Waals surface area contributed by atoms with E-state index in [1.807, 2.05) is 6.92 Å². The molecule has 1 N–H and O–H groups in total. The maximum atomic E-state index is 13.6. The Labute approximate surface area is 236 Å². The van der Waals surface area contributed by atoms with E-state index < -0.39 is 16.1 Å². The molecule has 0 aromatic heterocycles. The summed E-state index contributed by atoms with van der Waals surface area (Å²) in [6.07, 6.45) is 7.00. The number of halogens is 2. The van der Waals surface area contributed by atoms with Gasteiger partial charge in [0.1, 0.15) is 11.9 Å². The van der Waals surface area contributed by atoms with Crippen molar-refractivity contribution in [2.24, 2.45) is 0 Å². The Hall–Kier alpha value is -2.65. The number of aryl methyl sites for hydroxylation is 1. The Morgan fingerprint density at radius 2 is 1.77 bits per heavy atom. The summed E-state index contributed by atoms with van der Waals surface area (Å²) in [5.74, 6) is -0.829. The Morgan fingerprint density at radius 3 is 2.38 bits per heavy atom. The number of anilines is 1. The second-order valence-corrected chi connectivity index (χ2v) is 12.6. The van der Waals surface area contributed by atoms with Crippen LogP contribution in [0, 0.1) is 12.7 Å². The monoisotopic (exact) mass is 579 g/mol. The average molecular weight is 580 g/mol. The van der Waals surface area contributed by atoms with Crippen molar-refractivity contribution in [2.45, 2.75) is 83.8 Å². The van der Waals surface area contributed by atoms with E-state index in [2.05, 4.69) is 5.32 Å². The van der Waals surface area contributed by atoms with Gasteiger partial charge in [-0.15, -0.1) is 0 Å². The maximum absolute atomic E-state index is 13.6. The summed E-state index contributed by atoms with van der Waals surface area (Å²) in [6, 6.07) is 10.3. The number of sulfonamides is 1. The van der Waals surface area contributed by atoms with Gasteiger partial charge in [-0.05, 0) is 68.0 Å². The average Bonchev–Trinajstić information content (AvgIpc) is 2.89. The van der Waals surface area contributed by atoms with Gasteiger partial charge in [-0.2, -0.15) is 0 Å². The molecule has 10 heteroatoms. The number of hydrogen-bond acceptors (Lipinski definition) is 4. The zero-order chi connectivity index (χ0) is 28.6. The molecule has 0 unspecified atom stereocenters. The van der Waals surface area contributed by atoms with E-state index in [0.29, 0.717) is 22.7 Å². The molecule has 214 valence electrons. The third kappa shape index (κ3) is 8.93. The van der Waals surface area contributed by atoms with Crippen LogP contribution >= 0.6 is 11.6 Å². The van der Waals surface area contributed by atoms with E-state index >= 15 is 0 Å². The third-order valence-electron chi connectivity index (χ3n) is 7.20. The van der Waals surface area contributed by atoms with E-state index in [-0.39, 0.29) is 49.6 Å². The lowest BCUT2D eigenvalue weighted by molar-refractivity contribution is -0.141. The van der Waals surface area contributed by atoms with Crippen molar-refractivity contribution in [3.63, 3.8) is 0 Å². The molecule has 1 aliphatic rings. The molecule has 0 bridgehead atoms. The van der Waals surface area contributed by atoms with Crippen LogP contribution in [0.15, 0.2) is 42.5 Å². The first-order valence-electron chi connectivity index (χ1n) is 13.6. The van der Waals surface area contributed by atoms with Crippen molar-refractivity contribution in [2.75, 3.05) is 17.1 Å². The summed E-state index contributed by atoms with van der Waals surface area (Å²) >= 11 is 6.13. The van der Waals surface area contributed by atoms with E-state index in [1.165, 1.54) is 16.4 Å². The highest BCUT2D eigenvalue weighted by Crippen LogP contribution is 2.27. The molecular formula is C29H39ClFN3O4S. The highest BCUT2D eigenvalue weighted by atomic mass is 35.5. The zero-order valence-corrected chi connectivity index (χ0v) is 24.5. The minimum absolute atomic E-state index is 0.0417. The Morgan fingerprint density at radius 1 is 1.10 bits per heavy atom. The zero-order valence-electron chi connectivity index (χ0n) is 23.0. The fourth-order valence-electron chi connectivity index (χ4n) is 5.08. The van der Waals surface area contributed by atoms with E-state index in [4.69, 9.17) is 11.6 Å². The molecule has 0 spiro atoms. The molecule has 7 nitrogen and oxygen atoms in total. The first-order valence-corrected chi connectivity index (χ1v) is 15.8. The van der Waals surface area contributed by atoms with Crippen molar-refractivity contribution < 1.29 is 22.4 Å². The van der Waals surface area contributed by atoms with E-state index in [0.717, 1.165) is 43.9 Å². The van der Waals surface area contributed by atoms with Gasteiger partial charge < -0.3 is 10.2 Å². The van der Waals surface area contributed by atoms with Crippen molar-refractivity contribution in [1.82, 2.24) is 10.2 Å². The van der Waals surface area contributed by atoms with Gasteiger partial charge in [0.25, 0.3) is 0 Å². The highest BCUT2D eigenvalue weighted by Gasteiger charge is 2.30. The number of nitrogens with zero attached hydrogens (tertiary/aromatic N) is 2. The largest absolute Gasteiger partial charge is 0.352 e. The summed E-state index contributed by atoms with van der Waals surface area (Å²) in [7, 11) is -3.63. The second kappa shape index (κ2) is 14.1. The maximum Gasteiger partial charge on any atom is 0.243 e. The molecule has 1 saturated carbocycles. The van der Waals surface area contributed by atoms with Crippen molar-refractivity contribution in [3.8, 4) is 0 Å². The van der Waals surface area contributed by atoms with Crippen LogP contribution in [0.3, 0.4) is 0 Å². The molecular weight excluding hydrogens is 541 g/mol. The number of hydrogen-bond donors (Lipinski definition) is 1. The van der Waals surface area contributed by atoms with Crippen LogP contribution in [0.1, 0.15) is 69.4 Å². The SMILES string of the molecule is CC[C@H](C(=O)NC1CCCCC1)N(Cc1ccc(F)cc1)C(=O)CCCN(c1cc(Cl)ccc1C)S(C)(=O)=O. The quantitative estimate of drug-likeness (QED) is 0.355. The summed E-state index contributed by atoms with van der Waals surface area (Å²) in [4.78, 5) is 28.5. The number of carbonyl (C=O) groups excluding carboxylic acids is 2. The molecule has 2 aromatic carbocycles. The topological polar surface area (TPSA) is 86.8 Å². The number of nitrogens with one attached hydrogen (secondary N) is 1. The number of benzene rings is 2. The van der Waals surface area contributed by atoms with Crippen LogP contribution in [-0.4, -0.2) is 50.0 Å². The van der Waals surface area contributed by atoms with Crippen molar-refractivity contribution >= 4 is 39.1 Å². The van der Waals surface area contributed by atoms with E-state index in [1.54, 1.807) is 42.2 Å². The van der Waals surface area contributed by atoms with Gasteiger partial charge in [0.15, 0.2) is 0 Å². The molecule has 39 heavy (non-hydrogen) atoms. The van der Waals surface area contributed by atoms with Gasteiger partial charge in [0.2, 0.25) is 21.8 Å². The van der Waals surface area contributed by atoms with Gasteiger partial charge in [-0.1, -0.05) is 56.0 Å². The van der Waals surface area contributed by atoms with Gasteiger partial charge in [-0.25, -0.2) is 12.8 Å². The van der Waals surface area contributed by atoms with Gasteiger partial charge >= 0.3 is 0 Å². The minimum atomic E-state index is -3.63. The lowest BCUT2D eigenvalue weighted by Gasteiger charge is -2.33. The van der Waals surface area contributed by atoms with Crippen molar-refractivity contribution in [1.29, 1.82) is 0 Å². The molecule has 1 aliphatic carbocycles. The second-order valence-electron chi connectivity index (χ2n) is 10.3. The van der Waals surface area contributed by atoms with Crippen LogP contribution in [0.2, 0.25) is 5.02 Å². The third-order valence-corrected chi connectivity index (χ3v) is 8.61. The molecule has 2 amide bonds. The number of rotatable bonds is 12. The van der Waals surface area contributed by atoms with Gasteiger partial charge in [-0.3, -0.25) is 13.9 Å². The smallest absolute Gasteiger partial charge is 0.243 e. The predicted octanol–water partition coefficient (Wildman–Crippen LogP) is 5.59. The summed E-state index contributed by atoms with van der Waals surface area (Å²) < 4.78 is 40.0. The molecule has 0 aliphatic heterocycles. The summed E-state index contributed by atoms with van der Waals surface area (Å²) in [5.41, 5.74) is 1.93. The fourth-order valence-corrected chi connectivity index (χ4v) is 6.27. The summed E-state index contributed by atoms with van der Waals surface area (Å²) in [5, 5.41) is 3.55. The Bertz CT molecular complexity index is 1230. The molecule has 0 saturated heterocycles. The highest BCUT2D eigenvalue weighted by molar-refractivity contribution is 7.92. The van der Waals surface area contributed by atoms with Gasteiger partial charge in [0, 0.05) is 30.6 Å². The lowest BCUT2D eigenvalue weighted by Crippen LogP contribution is -2.51. The normalized spacial score (nSPS) is 15.0. The predicted molar refractivity (Wildman–Crippen MR) is 154 cm³/mol. The fraction of sp³-hybridized carbons (Fsp3) is 0.517. The van der Waals surface area contributed by atoms with Crippen LogP contribution in [0.4, 0.5) is 10.1 Å². The first kappa shape index (κ1) is 30.9. The molecule has 3 rings (SSSR count). The Kier molecular flexibility index (Phi) is 11.2. The molecule has 0 radical (unpaired) electrons. The number of carbonyl (C=O) groups is 2. The van der Waals surface area contributed by atoms with E-state index in [9.17, 15) is 22.4 Å². The van der Waals surface area contributed by atoms with Crippen LogP contribution < -0.4 is 9.62 Å². The number of amides is 2. The van der Waals surface area contributed by atoms with Crippen LogP contribution in [-0.2, 0) is 26.2 Å². The molecule has 1 atom stereocenters. The van der Waals surface area contributed by atoms with Crippen LogP contribution in [0.25, 0.3) is 0 Å². The van der Waals surface area contributed by atoms with Gasteiger partial charge in [0.05, 0.1) is 11.9 Å². The minimum Gasteiger partial charge on any atom is -0.352 e. The molecule has 0 heterocycles. The van der Waals surface area contributed by atoms with Crippen LogP contribution in [0.5, 0.6) is 0 Å². The summed E-state index contributed by atoms with van der Waals surface area (Å²) in [6.45, 7) is 3.90. The molecule has 1 fully saturated rings. The van der Waals surface area contributed by atoms with Crippen molar-refractivity contribution in [3.05, 3.63) is 64.4 Å². The first-order chi connectivity index (χ1) is 18.5.